The molecule has 1 saturated heterocycles. The zero-order chi connectivity index (χ0) is 10.7. The highest BCUT2D eigenvalue weighted by Gasteiger charge is 2.28. The van der Waals surface area contributed by atoms with Gasteiger partial charge in [-0.3, -0.25) is 10.2 Å². The summed E-state index contributed by atoms with van der Waals surface area (Å²) in [6, 6.07) is 0.0240. The van der Waals surface area contributed by atoms with Gasteiger partial charge < -0.3 is 10.6 Å². The average Bonchev–Trinajstić information content (AvgIpc) is 2.28. The Morgan fingerprint density at radius 3 is 2.79 bits per heavy atom. The molecule has 0 aliphatic carbocycles. The lowest BCUT2D eigenvalue weighted by Gasteiger charge is -2.15. The molecule has 0 aromatic rings. The molecule has 1 aliphatic heterocycles. The van der Waals surface area contributed by atoms with Crippen molar-refractivity contribution < 1.29 is 4.79 Å². The number of hydrazine groups is 1. The Kier molecular flexibility index (Phi) is 3.65. The van der Waals surface area contributed by atoms with E-state index in [1.54, 1.807) is 5.01 Å². The molecule has 0 bridgehead atoms. The molecule has 0 aromatic heterocycles. The van der Waals surface area contributed by atoms with Crippen molar-refractivity contribution in [3.05, 3.63) is 0 Å². The molecule has 3 N–H and O–H groups in total. The predicted molar refractivity (Wildman–Crippen MR) is 58.6 cm³/mol. The third-order valence-corrected chi connectivity index (χ3v) is 2.03. The molecule has 0 radical (unpaired) electrons. The van der Waals surface area contributed by atoms with Crippen molar-refractivity contribution in [3.8, 4) is 0 Å². The SMILES string of the molecule is CC(C)NC(=S)NC1CN(C)NC1=O. The van der Waals surface area contributed by atoms with Crippen LogP contribution in [0.25, 0.3) is 0 Å². The van der Waals surface area contributed by atoms with E-state index in [0.717, 1.165) is 0 Å². The highest BCUT2D eigenvalue weighted by atomic mass is 32.1. The van der Waals surface area contributed by atoms with Crippen molar-refractivity contribution in [2.24, 2.45) is 0 Å². The molecule has 1 heterocycles. The fraction of sp³-hybridized carbons (Fsp3) is 0.750. The first-order valence-electron chi connectivity index (χ1n) is 4.57. The summed E-state index contributed by atoms with van der Waals surface area (Å²) in [5.74, 6) is -0.0413. The summed E-state index contributed by atoms with van der Waals surface area (Å²) in [6.45, 7) is 4.61. The van der Waals surface area contributed by atoms with Gasteiger partial charge in [-0.05, 0) is 26.1 Å². The second-order valence-corrected chi connectivity index (χ2v) is 4.09. The summed E-state index contributed by atoms with van der Waals surface area (Å²) < 4.78 is 0. The number of nitrogens with zero attached hydrogens (tertiary/aromatic N) is 1. The number of hydrogen-bond donors (Lipinski definition) is 3. The van der Waals surface area contributed by atoms with E-state index >= 15 is 0 Å². The molecule has 0 aromatic carbocycles. The van der Waals surface area contributed by atoms with Gasteiger partial charge in [-0.2, -0.15) is 0 Å². The fourth-order valence-corrected chi connectivity index (χ4v) is 1.62. The molecule has 5 nitrogen and oxygen atoms in total. The summed E-state index contributed by atoms with van der Waals surface area (Å²) in [5, 5.41) is 8.24. The second kappa shape index (κ2) is 4.56. The number of rotatable bonds is 2. The lowest BCUT2D eigenvalue weighted by molar-refractivity contribution is -0.121. The molecule has 1 aliphatic rings. The minimum atomic E-state index is -0.251. The lowest BCUT2D eigenvalue weighted by atomic mass is 10.3. The Balaban J connectivity index is 2.37. The van der Waals surface area contributed by atoms with Crippen LogP contribution >= 0.6 is 12.2 Å². The average molecular weight is 216 g/mol. The molecular weight excluding hydrogens is 200 g/mol. The monoisotopic (exact) mass is 216 g/mol. The van der Waals surface area contributed by atoms with E-state index in [1.165, 1.54) is 0 Å². The van der Waals surface area contributed by atoms with Crippen LogP contribution in [0.4, 0.5) is 0 Å². The molecule has 0 spiro atoms. The van der Waals surface area contributed by atoms with E-state index in [4.69, 9.17) is 12.2 Å². The number of likely N-dealkylation sites (N-methyl/N-ethyl adjacent to an activating group) is 1. The summed E-state index contributed by atoms with van der Waals surface area (Å²) in [7, 11) is 1.82. The van der Waals surface area contributed by atoms with Crippen LogP contribution in [0.3, 0.4) is 0 Å². The standard InChI is InChI=1S/C8H16N4OS/c1-5(2)9-8(14)10-6-4-12(3)11-7(6)13/h5-6H,4H2,1-3H3,(H,11,13)(H2,9,10,14). The van der Waals surface area contributed by atoms with Crippen molar-refractivity contribution in [3.63, 3.8) is 0 Å². The Bertz CT molecular complexity index is 243. The van der Waals surface area contributed by atoms with Crippen molar-refractivity contribution in [2.45, 2.75) is 25.9 Å². The third kappa shape index (κ3) is 3.12. The van der Waals surface area contributed by atoms with Crippen LogP contribution in [0.5, 0.6) is 0 Å². The summed E-state index contributed by atoms with van der Waals surface area (Å²) >= 11 is 5.04. The van der Waals surface area contributed by atoms with Gasteiger partial charge in [0.15, 0.2) is 5.11 Å². The van der Waals surface area contributed by atoms with E-state index in [1.807, 2.05) is 20.9 Å². The summed E-state index contributed by atoms with van der Waals surface area (Å²) in [4.78, 5) is 11.3. The van der Waals surface area contributed by atoms with Crippen molar-refractivity contribution in [1.29, 1.82) is 0 Å². The number of carbonyl (C=O) groups is 1. The Hall–Kier alpha value is -0.880. The zero-order valence-corrected chi connectivity index (χ0v) is 9.44. The van der Waals surface area contributed by atoms with Gasteiger partial charge in [0.05, 0.1) is 0 Å². The van der Waals surface area contributed by atoms with Gasteiger partial charge in [-0.25, -0.2) is 5.01 Å². The molecule has 1 fully saturated rings. The van der Waals surface area contributed by atoms with Crippen molar-refractivity contribution in [2.75, 3.05) is 13.6 Å². The van der Waals surface area contributed by atoms with Crippen LogP contribution in [0, 0.1) is 0 Å². The van der Waals surface area contributed by atoms with Crippen molar-refractivity contribution in [1.82, 2.24) is 21.1 Å². The molecule has 1 rings (SSSR count). The first-order chi connectivity index (χ1) is 6.49. The van der Waals surface area contributed by atoms with E-state index in [9.17, 15) is 4.79 Å². The summed E-state index contributed by atoms with van der Waals surface area (Å²) in [6.07, 6.45) is 0. The van der Waals surface area contributed by atoms with Crippen molar-refractivity contribution >= 4 is 23.2 Å². The maximum absolute atomic E-state index is 11.3. The van der Waals surface area contributed by atoms with Crippen LogP contribution in [-0.4, -0.2) is 41.7 Å². The van der Waals surface area contributed by atoms with Gasteiger partial charge in [-0.1, -0.05) is 0 Å². The maximum atomic E-state index is 11.3. The van der Waals surface area contributed by atoms with Gasteiger partial charge in [0, 0.05) is 19.6 Å². The molecule has 1 amide bonds. The quantitative estimate of drug-likeness (QED) is 0.528. The molecular formula is C8H16N4OS. The van der Waals surface area contributed by atoms with Crippen LogP contribution in [0.15, 0.2) is 0 Å². The third-order valence-electron chi connectivity index (χ3n) is 1.80. The lowest BCUT2D eigenvalue weighted by Crippen LogP contribution is -2.48. The van der Waals surface area contributed by atoms with Gasteiger partial charge in [0.25, 0.3) is 5.91 Å². The van der Waals surface area contributed by atoms with E-state index in [0.29, 0.717) is 11.7 Å². The van der Waals surface area contributed by atoms with Gasteiger partial charge in [0.2, 0.25) is 0 Å². The number of amides is 1. The molecule has 14 heavy (non-hydrogen) atoms. The highest BCUT2D eigenvalue weighted by Crippen LogP contribution is 1.96. The fourth-order valence-electron chi connectivity index (χ4n) is 1.24. The minimum Gasteiger partial charge on any atom is -0.361 e. The molecule has 80 valence electrons. The van der Waals surface area contributed by atoms with Crippen LogP contribution in [0.1, 0.15) is 13.8 Å². The minimum absolute atomic E-state index is 0.0413. The van der Waals surface area contributed by atoms with Gasteiger partial charge in [0.1, 0.15) is 6.04 Å². The first kappa shape index (κ1) is 11.2. The first-order valence-corrected chi connectivity index (χ1v) is 4.98. The van der Waals surface area contributed by atoms with E-state index in [-0.39, 0.29) is 18.0 Å². The van der Waals surface area contributed by atoms with Gasteiger partial charge >= 0.3 is 0 Å². The highest BCUT2D eigenvalue weighted by molar-refractivity contribution is 7.80. The zero-order valence-electron chi connectivity index (χ0n) is 8.63. The number of hydrogen-bond acceptors (Lipinski definition) is 3. The Labute approximate surface area is 89.2 Å². The Morgan fingerprint density at radius 1 is 1.71 bits per heavy atom. The van der Waals surface area contributed by atoms with Gasteiger partial charge in [-0.15, -0.1) is 0 Å². The Morgan fingerprint density at radius 2 is 2.36 bits per heavy atom. The summed E-state index contributed by atoms with van der Waals surface area (Å²) in [5.41, 5.74) is 2.67. The van der Waals surface area contributed by atoms with Crippen LogP contribution in [-0.2, 0) is 4.79 Å². The number of thiocarbonyl (C=S) groups is 1. The normalized spacial score (nSPS) is 22.3. The second-order valence-electron chi connectivity index (χ2n) is 3.68. The van der Waals surface area contributed by atoms with Crippen LogP contribution < -0.4 is 16.1 Å². The molecule has 0 saturated carbocycles. The maximum Gasteiger partial charge on any atom is 0.258 e. The van der Waals surface area contributed by atoms with E-state index in [2.05, 4.69) is 16.1 Å². The molecule has 1 unspecified atom stereocenters. The topological polar surface area (TPSA) is 56.4 Å². The number of nitrogens with one attached hydrogen (secondary N) is 3. The largest absolute Gasteiger partial charge is 0.361 e. The molecule has 1 atom stereocenters. The van der Waals surface area contributed by atoms with E-state index < -0.39 is 0 Å². The number of carbonyl (C=O) groups excluding carboxylic acids is 1. The van der Waals surface area contributed by atoms with Crippen LogP contribution in [0.2, 0.25) is 0 Å². The predicted octanol–water partition coefficient (Wildman–Crippen LogP) is -0.796. The molecule has 6 heteroatoms. The smallest absolute Gasteiger partial charge is 0.258 e.